The molecule has 15 heavy (non-hydrogen) atoms. The summed E-state index contributed by atoms with van der Waals surface area (Å²) in [7, 11) is 0. The molecule has 0 radical (unpaired) electrons. The van der Waals surface area contributed by atoms with Crippen LogP contribution in [-0.2, 0) is 0 Å². The second-order valence-corrected chi connectivity index (χ2v) is 5.39. The lowest BCUT2D eigenvalue weighted by Gasteiger charge is -2.28. The van der Waals surface area contributed by atoms with Crippen molar-refractivity contribution in [3.05, 3.63) is 10.6 Å². The minimum atomic E-state index is -0.449. The first kappa shape index (κ1) is 12.4. The molecule has 0 fully saturated rings. The zero-order valence-corrected chi connectivity index (χ0v) is 10.7. The molecule has 0 aromatic carbocycles. The lowest BCUT2D eigenvalue weighted by atomic mass is 10.0. The smallest absolute Gasteiger partial charge is 0.265 e. The Morgan fingerprint density at radius 3 is 2.60 bits per heavy atom. The maximum atomic E-state index is 11.8. The third-order valence-electron chi connectivity index (χ3n) is 2.29. The first-order valence-corrected chi connectivity index (χ1v) is 5.81. The Balaban J connectivity index is 2.77. The minimum Gasteiger partial charge on any atom is -0.345 e. The van der Waals surface area contributed by atoms with Gasteiger partial charge < -0.3 is 5.32 Å². The van der Waals surface area contributed by atoms with Crippen LogP contribution in [0.15, 0.2) is 0 Å². The molecular weight excluding hydrogens is 234 g/mol. The van der Waals surface area contributed by atoms with E-state index in [4.69, 9.17) is 11.6 Å². The molecule has 1 heterocycles. The van der Waals surface area contributed by atoms with Gasteiger partial charge in [0.25, 0.3) is 5.91 Å². The summed E-state index contributed by atoms with van der Waals surface area (Å²) < 4.78 is 3.72. The van der Waals surface area contributed by atoms with E-state index in [1.165, 1.54) is 0 Å². The van der Waals surface area contributed by atoms with Gasteiger partial charge in [-0.05, 0) is 39.2 Å². The number of aryl methyl sites for hydroxylation is 1. The van der Waals surface area contributed by atoms with Crippen molar-refractivity contribution >= 4 is 29.0 Å². The van der Waals surface area contributed by atoms with Gasteiger partial charge in [0.05, 0.1) is 16.6 Å². The van der Waals surface area contributed by atoms with E-state index in [2.05, 4.69) is 14.9 Å². The summed E-state index contributed by atoms with van der Waals surface area (Å²) in [6, 6.07) is 0. The van der Waals surface area contributed by atoms with Crippen LogP contribution in [0, 0.1) is 6.92 Å². The summed E-state index contributed by atoms with van der Waals surface area (Å²) in [5.74, 6) is -0.167. The van der Waals surface area contributed by atoms with Gasteiger partial charge in [0.15, 0.2) is 0 Å². The van der Waals surface area contributed by atoms with Gasteiger partial charge in [0.1, 0.15) is 4.88 Å². The molecule has 0 aliphatic carbocycles. The molecule has 1 unspecified atom stereocenters. The van der Waals surface area contributed by atoms with Crippen molar-refractivity contribution in [3.63, 3.8) is 0 Å². The number of carbonyl (C=O) groups is 1. The number of nitrogens with zero attached hydrogens (tertiary/aromatic N) is 2. The molecule has 0 aliphatic rings. The van der Waals surface area contributed by atoms with Crippen LogP contribution in [0.4, 0.5) is 0 Å². The van der Waals surface area contributed by atoms with Gasteiger partial charge in [-0.25, -0.2) is 0 Å². The summed E-state index contributed by atoms with van der Waals surface area (Å²) in [5, 5.41) is 6.50. The Bertz CT molecular complexity index is 362. The van der Waals surface area contributed by atoms with Crippen molar-refractivity contribution in [2.24, 2.45) is 0 Å². The van der Waals surface area contributed by atoms with Crippen LogP contribution in [-0.4, -0.2) is 26.4 Å². The summed E-state index contributed by atoms with van der Waals surface area (Å²) in [6.07, 6.45) is 0. The van der Waals surface area contributed by atoms with Gasteiger partial charge in [-0.15, -0.1) is 16.7 Å². The molecule has 6 heteroatoms. The number of rotatable bonds is 3. The Hall–Kier alpha value is -0.680. The SMILES string of the molecule is Cc1nnsc1C(=O)NC(C)(C)C(C)Cl. The van der Waals surface area contributed by atoms with Gasteiger partial charge in [0, 0.05) is 0 Å². The van der Waals surface area contributed by atoms with Crippen molar-refractivity contribution in [1.29, 1.82) is 0 Å². The summed E-state index contributed by atoms with van der Waals surface area (Å²) in [4.78, 5) is 12.3. The maximum absolute atomic E-state index is 11.8. The Kier molecular flexibility index (Phi) is 3.67. The summed E-state index contributed by atoms with van der Waals surface area (Å²) >= 11 is 7.07. The second-order valence-electron chi connectivity index (χ2n) is 3.98. The van der Waals surface area contributed by atoms with Gasteiger partial charge >= 0.3 is 0 Å². The maximum Gasteiger partial charge on any atom is 0.265 e. The molecular formula is C9H14ClN3OS. The van der Waals surface area contributed by atoms with Crippen LogP contribution in [0.2, 0.25) is 0 Å². The van der Waals surface area contributed by atoms with Crippen LogP contribution in [0.5, 0.6) is 0 Å². The molecule has 84 valence electrons. The van der Waals surface area contributed by atoms with E-state index in [0.717, 1.165) is 11.5 Å². The lowest BCUT2D eigenvalue weighted by molar-refractivity contribution is 0.0916. The van der Waals surface area contributed by atoms with Crippen molar-refractivity contribution in [2.45, 2.75) is 38.6 Å². The summed E-state index contributed by atoms with van der Waals surface area (Å²) in [5.41, 5.74) is 0.199. The van der Waals surface area contributed by atoms with Gasteiger partial charge in [0.2, 0.25) is 0 Å². The first-order valence-electron chi connectivity index (χ1n) is 4.60. The van der Waals surface area contributed by atoms with E-state index in [1.54, 1.807) is 6.92 Å². The highest BCUT2D eigenvalue weighted by Crippen LogP contribution is 2.17. The number of alkyl halides is 1. The number of halogens is 1. The number of amides is 1. The van der Waals surface area contributed by atoms with E-state index in [-0.39, 0.29) is 11.3 Å². The quantitative estimate of drug-likeness (QED) is 0.831. The van der Waals surface area contributed by atoms with Gasteiger partial charge in [-0.2, -0.15) is 0 Å². The fourth-order valence-corrected chi connectivity index (χ4v) is 1.49. The monoisotopic (exact) mass is 247 g/mol. The molecule has 0 aliphatic heterocycles. The molecule has 0 spiro atoms. The highest BCUT2D eigenvalue weighted by molar-refractivity contribution is 7.08. The van der Waals surface area contributed by atoms with Gasteiger partial charge in [-0.3, -0.25) is 4.79 Å². The fraction of sp³-hybridized carbons (Fsp3) is 0.667. The Morgan fingerprint density at radius 2 is 2.20 bits per heavy atom. The Morgan fingerprint density at radius 1 is 1.60 bits per heavy atom. The second kappa shape index (κ2) is 4.45. The molecule has 0 bridgehead atoms. The topological polar surface area (TPSA) is 54.9 Å². The van der Waals surface area contributed by atoms with Crippen LogP contribution >= 0.6 is 23.1 Å². The molecule has 1 rings (SSSR count). The van der Waals surface area contributed by atoms with Crippen molar-refractivity contribution in [2.75, 3.05) is 0 Å². The minimum absolute atomic E-state index is 0.150. The molecule has 1 aromatic rings. The van der Waals surface area contributed by atoms with Crippen molar-refractivity contribution in [3.8, 4) is 0 Å². The predicted molar refractivity (Wildman–Crippen MR) is 61.5 cm³/mol. The highest BCUT2D eigenvalue weighted by atomic mass is 35.5. The highest BCUT2D eigenvalue weighted by Gasteiger charge is 2.27. The van der Waals surface area contributed by atoms with Crippen molar-refractivity contribution in [1.82, 2.24) is 14.9 Å². The fourth-order valence-electron chi connectivity index (χ4n) is 0.889. The molecule has 0 saturated heterocycles. The predicted octanol–water partition coefficient (Wildman–Crippen LogP) is 1.98. The molecule has 1 amide bonds. The zero-order chi connectivity index (χ0) is 11.6. The van der Waals surface area contributed by atoms with Crippen LogP contribution in [0.3, 0.4) is 0 Å². The zero-order valence-electron chi connectivity index (χ0n) is 9.17. The average Bonchev–Trinajstić information content (AvgIpc) is 2.50. The Labute approximate surface area is 98.2 Å². The largest absolute Gasteiger partial charge is 0.345 e. The van der Waals surface area contributed by atoms with E-state index in [1.807, 2.05) is 20.8 Å². The number of hydrogen-bond donors (Lipinski definition) is 1. The third kappa shape index (κ3) is 2.89. The number of carbonyl (C=O) groups excluding carboxylic acids is 1. The number of nitrogens with one attached hydrogen (secondary N) is 1. The number of hydrogen-bond acceptors (Lipinski definition) is 4. The molecule has 1 N–H and O–H groups in total. The standard InChI is InChI=1S/C9H14ClN3OS/c1-5-7(15-13-12-5)8(14)11-9(3,4)6(2)10/h6H,1-4H3,(H,11,14). The first-order chi connectivity index (χ1) is 6.84. The molecule has 4 nitrogen and oxygen atoms in total. The van der Waals surface area contributed by atoms with Gasteiger partial charge in [-0.1, -0.05) is 4.49 Å². The lowest BCUT2D eigenvalue weighted by Crippen LogP contribution is -2.48. The molecule has 0 saturated carbocycles. The third-order valence-corrected chi connectivity index (χ3v) is 3.66. The molecule has 1 atom stereocenters. The van der Waals surface area contributed by atoms with Crippen LogP contribution < -0.4 is 5.32 Å². The van der Waals surface area contributed by atoms with Crippen molar-refractivity contribution < 1.29 is 4.79 Å². The molecule has 1 aromatic heterocycles. The van der Waals surface area contributed by atoms with Crippen LogP contribution in [0.1, 0.15) is 36.1 Å². The van der Waals surface area contributed by atoms with E-state index in [9.17, 15) is 4.79 Å². The number of aromatic nitrogens is 2. The normalized spacial score (nSPS) is 13.7. The van der Waals surface area contributed by atoms with E-state index >= 15 is 0 Å². The van der Waals surface area contributed by atoms with E-state index < -0.39 is 5.54 Å². The van der Waals surface area contributed by atoms with Crippen LogP contribution in [0.25, 0.3) is 0 Å². The average molecular weight is 248 g/mol. The summed E-state index contributed by atoms with van der Waals surface area (Å²) in [6.45, 7) is 7.37. The van der Waals surface area contributed by atoms with E-state index in [0.29, 0.717) is 10.6 Å².